The summed E-state index contributed by atoms with van der Waals surface area (Å²) in [5, 5.41) is 9.29. The van der Waals surface area contributed by atoms with Gasteiger partial charge in [0.2, 0.25) is 0 Å². The van der Waals surface area contributed by atoms with Crippen molar-refractivity contribution in [3.05, 3.63) is 0 Å². The molecule has 0 aromatic carbocycles. The normalized spacial score (nSPS) is 33.3. The van der Waals surface area contributed by atoms with Gasteiger partial charge in [0.15, 0.2) is 5.72 Å². The number of hydrogen-bond donors (Lipinski definition) is 2. The number of ether oxygens (including phenoxy) is 1. The molecule has 1 aliphatic carbocycles. The Balaban J connectivity index is 0. The predicted molar refractivity (Wildman–Crippen MR) is 44.3 cm³/mol. The van der Waals surface area contributed by atoms with Crippen molar-refractivity contribution in [2.24, 2.45) is 5.73 Å². The minimum Gasteiger partial charge on any atom is -1.00 e. The molecule has 0 spiro atoms. The molecule has 0 aliphatic heterocycles. The Hall–Kier alpha value is 0.390. The van der Waals surface area contributed by atoms with Gasteiger partial charge in [0.1, 0.15) is 0 Å². The van der Waals surface area contributed by atoms with Crippen LogP contribution in [0.5, 0.6) is 0 Å². The van der Waals surface area contributed by atoms with Gasteiger partial charge in [-0.3, -0.25) is 10.5 Å². The first-order chi connectivity index (χ1) is 5.52. The molecule has 1 fully saturated rings. The first kappa shape index (κ1) is 13.4. The number of carbonyl (C=O) groups is 1. The molecular weight excluding hydrogens is 181 g/mol. The molecule has 0 saturated heterocycles. The quantitative estimate of drug-likeness (QED) is 0.272. The zero-order chi connectivity index (χ0) is 9.19. The van der Waals surface area contributed by atoms with Crippen LogP contribution in [-0.4, -0.2) is 22.9 Å². The Morgan fingerprint density at radius 1 is 1.77 bits per heavy atom. The van der Waals surface area contributed by atoms with Gasteiger partial charge in [0, 0.05) is 19.8 Å². The molecule has 4 nitrogen and oxygen atoms in total. The summed E-state index contributed by atoms with van der Waals surface area (Å²) in [5.41, 5.74) is 4.82. The summed E-state index contributed by atoms with van der Waals surface area (Å²) in [6.45, 7) is 1.33. The van der Waals surface area contributed by atoms with Crippen LogP contribution in [0.15, 0.2) is 0 Å². The molecule has 72 valence electrons. The fourth-order valence-corrected chi connectivity index (χ4v) is 1.62. The maximum absolute atomic E-state index is 10.6. The van der Waals surface area contributed by atoms with Crippen LogP contribution in [0.2, 0.25) is 0 Å². The molecule has 0 amide bonds. The third-order valence-corrected chi connectivity index (χ3v) is 2.07. The fourth-order valence-electron chi connectivity index (χ4n) is 1.62. The summed E-state index contributed by atoms with van der Waals surface area (Å²) >= 11 is 0. The number of nitrogens with two attached hydrogens (primary N) is 1. The topological polar surface area (TPSA) is 72.5 Å². The second kappa shape index (κ2) is 5.32. The summed E-state index contributed by atoms with van der Waals surface area (Å²) in [7, 11) is 0. The Kier molecular flexibility index (Phi) is 5.47. The molecule has 1 aliphatic rings. The van der Waals surface area contributed by atoms with E-state index in [-0.39, 0.29) is 37.0 Å². The van der Waals surface area contributed by atoms with E-state index in [9.17, 15) is 9.90 Å². The Morgan fingerprint density at radius 2 is 2.38 bits per heavy atom. The van der Waals surface area contributed by atoms with Gasteiger partial charge in [-0.2, -0.15) is 0 Å². The number of rotatable bonds is 1. The molecule has 2 atom stereocenters. The third-order valence-electron chi connectivity index (χ3n) is 2.07. The van der Waals surface area contributed by atoms with E-state index >= 15 is 0 Å². The first-order valence-electron chi connectivity index (χ1n) is 4.18. The molecule has 1 rings (SSSR count). The van der Waals surface area contributed by atoms with Gasteiger partial charge >= 0.3 is 35.5 Å². The van der Waals surface area contributed by atoms with E-state index in [1.54, 1.807) is 0 Å². The average Bonchev–Trinajstić information content (AvgIpc) is 1.82. The molecule has 1 unspecified atom stereocenters. The van der Waals surface area contributed by atoms with Crippen molar-refractivity contribution in [2.45, 2.75) is 44.4 Å². The van der Waals surface area contributed by atoms with Gasteiger partial charge in [-0.05, 0) is 12.8 Å². The van der Waals surface area contributed by atoms with Crippen molar-refractivity contribution >= 4 is 5.97 Å². The molecule has 0 aromatic rings. The second-order valence-electron chi connectivity index (χ2n) is 3.41. The number of aliphatic hydroxyl groups is 1. The summed E-state index contributed by atoms with van der Waals surface area (Å²) in [4.78, 5) is 10.6. The van der Waals surface area contributed by atoms with Gasteiger partial charge in [0.05, 0.1) is 6.10 Å². The predicted octanol–water partition coefficient (Wildman–Crippen LogP) is -2.74. The van der Waals surface area contributed by atoms with Gasteiger partial charge in [-0.1, -0.05) is 0 Å². The smallest absolute Gasteiger partial charge is 1.00 e. The maximum atomic E-state index is 10.6. The SMILES string of the molecule is CC(=O)OC1(N)CCC[C@@H](O)C1.[H-].[Na+]. The van der Waals surface area contributed by atoms with Gasteiger partial charge in [-0.25, -0.2) is 0 Å². The van der Waals surface area contributed by atoms with E-state index in [0.717, 1.165) is 12.8 Å². The minimum atomic E-state index is -0.927. The number of carbonyl (C=O) groups excluding carboxylic acids is 1. The number of esters is 1. The fraction of sp³-hybridized carbons (Fsp3) is 0.875. The number of hydrogen-bond acceptors (Lipinski definition) is 4. The third kappa shape index (κ3) is 4.42. The van der Waals surface area contributed by atoms with Crippen LogP contribution < -0.4 is 35.3 Å². The minimum absolute atomic E-state index is 0. The first-order valence-corrected chi connectivity index (χ1v) is 4.18. The molecule has 0 aromatic heterocycles. The maximum Gasteiger partial charge on any atom is 1.00 e. The second-order valence-corrected chi connectivity index (χ2v) is 3.41. The van der Waals surface area contributed by atoms with Crippen molar-refractivity contribution in [3.8, 4) is 0 Å². The van der Waals surface area contributed by atoms with Crippen molar-refractivity contribution in [3.63, 3.8) is 0 Å². The van der Waals surface area contributed by atoms with Crippen molar-refractivity contribution in [1.29, 1.82) is 0 Å². The van der Waals surface area contributed by atoms with Gasteiger partial charge in [0.25, 0.3) is 0 Å². The summed E-state index contributed by atoms with van der Waals surface area (Å²) in [6, 6.07) is 0. The zero-order valence-electron chi connectivity index (χ0n) is 9.25. The molecule has 0 bridgehead atoms. The molecule has 0 heterocycles. The molecule has 1 saturated carbocycles. The van der Waals surface area contributed by atoms with E-state index in [1.807, 2.05) is 0 Å². The van der Waals surface area contributed by atoms with E-state index < -0.39 is 11.8 Å². The number of aliphatic hydroxyl groups excluding tert-OH is 1. The molecule has 3 N–H and O–H groups in total. The monoisotopic (exact) mass is 197 g/mol. The van der Waals surface area contributed by atoms with Crippen LogP contribution >= 0.6 is 0 Å². The molecule has 5 heteroatoms. The van der Waals surface area contributed by atoms with Crippen LogP contribution in [-0.2, 0) is 9.53 Å². The van der Waals surface area contributed by atoms with Crippen molar-refractivity contribution in [1.82, 2.24) is 0 Å². The van der Waals surface area contributed by atoms with Gasteiger partial charge < -0.3 is 11.3 Å². The van der Waals surface area contributed by atoms with Crippen molar-refractivity contribution in [2.75, 3.05) is 0 Å². The van der Waals surface area contributed by atoms with E-state index in [4.69, 9.17) is 10.5 Å². The van der Waals surface area contributed by atoms with Gasteiger partial charge in [-0.15, -0.1) is 0 Å². The van der Waals surface area contributed by atoms with Crippen LogP contribution in [0.25, 0.3) is 0 Å². The van der Waals surface area contributed by atoms with Crippen LogP contribution in [0.1, 0.15) is 34.0 Å². The average molecular weight is 197 g/mol. The zero-order valence-corrected chi connectivity index (χ0v) is 10.2. The molecule has 13 heavy (non-hydrogen) atoms. The van der Waals surface area contributed by atoms with Crippen LogP contribution in [0, 0.1) is 0 Å². The van der Waals surface area contributed by atoms with Crippen LogP contribution in [0.3, 0.4) is 0 Å². The van der Waals surface area contributed by atoms with E-state index in [0.29, 0.717) is 12.8 Å². The van der Waals surface area contributed by atoms with E-state index in [2.05, 4.69) is 0 Å². The Morgan fingerprint density at radius 3 is 2.85 bits per heavy atom. The van der Waals surface area contributed by atoms with Crippen molar-refractivity contribution < 1.29 is 45.6 Å². The Labute approximate surface area is 102 Å². The molecular formula is C8H16NNaO3. The van der Waals surface area contributed by atoms with E-state index in [1.165, 1.54) is 6.92 Å². The van der Waals surface area contributed by atoms with Crippen LogP contribution in [0.4, 0.5) is 0 Å². The largest absolute Gasteiger partial charge is 1.00 e. The summed E-state index contributed by atoms with van der Waals surface area (Å²) in [6.07, 6.45) is 2.13. The standard InChI is InChI=1S/C8H15NO3.Na.H/c1-6(10)12-8(9)4-2-3-7(11)5-8;;/h7,11H,2-5,9H2,1H3;;/q;+1;-1/t7-,8?;;/m1../s1. The Bertz CT molecular complexity index is 193. The molecule has 0 radical (unpaired) electrons. The summed E-state index contributed by atoms with van der Waals surface area (Å²) in [5.74, 6) is -0.383. The summed E-state index contributed by atoms with van der Waals surface area (Å²) < 4.78 is 4.93.